The fraction of sp³-hybridized carbons (Fsp3) is 0.0476. The topological polar surface area (TPSA) is 59.3 Å². The normalized spacial score (nSPS) is 11.8. The van der Waals surface area contributed by atoms with Crippen molar-refractivity contribution in [2.45, 2.75) is 11.8 Å². The summed E-state index contributed by atoms with van der Waals surface area (Å²) in [4.78, 5) is 0.144. The van der Waals surface area contributed by atoms with E-state index in [2.05, 4.69) is 15.9 Å². The average Bonchev–Trinajstić information content (AvgIpc) is 2.96. The van der Waals surface area contributed by atoms with Crippen molar-refractivity contribution in [1.29, 1.82) is 0 Å². The van der Waals surface area contributed by atoms with Crippen LogP contribution < -0.4 is 0 Å². The van der Waals surface area contributed by atoms with Crippen LogP contribution in [-0.2, 0) is 10.0 Å². The van der Waals surface area contributed by atoms with Crippen molar-refractivity contribution in [3.05, 3.63) is 82.8 Å². The molecule has 0 fully saturated rings. The molecule has 1 heterocycles. The van der Waals surface area contributed by atoms with Crippen LogP contribution in [0, 0.1) is 6.92 Å². The van der Waals surface area contributed by atoms with Gasteiger partial charge in [-0.1, -0.05) is 48.5 Å². The monoisotopic (exact) mass is 441 g/mol. The maximum atomic E-state index is 13.6. The lowest BCUT2D eigenvalue weighted by Crippen LogP contribution is -2.14. The zero-order valence-corrected chi connectivity index (χ0v) is 16.8. The minimum Gasteiger partial charge on any atom is -0.505 e. The van der Waals surface area contributed by atoms with Crippen molar-refractivity contribution in [1.82, 2.24) is 3.97 Å². The molecule has 136 valence electrons. The van der Waals surface area contributed by atoms with Crippen LogP contribution in [-0.4, -0.2) is 17.5 Å². The molecule has 4 nitrogen and oxygen atoms in total. The molecule has 0 saturated carbocycles. The van der Waals surface area contributed by atoms with Crippen LogP contribution in [0.5, 0.6) is 5.75 Å². The zero-order valence-electron chi connectivity index (χ0n) is 14.4. The van der Waals surface area contributed by atoms with Gasteiger partial charge in [0.25, 0.3) is 10.0 Å². The van der Waals surface area contributed by atoms with Crippen molar-refractivity contribution in [3.8, 4) is 17.0 Å². The predicted octanol–water partition coefficient (Wildman–Crippen LogP) is 5.32. The molecule has 4 rings (SSSR count). The highest BCUT2D eigenvalue weighted by Gasteiger charge is 2.29. The van der Waals surface area contributed by atoms with Crippen LogP contribution in [0.15, 0.2) is 82.2 Å². The number of hydrogen-bond acceptors (Lipinski definition) is 3. The third-order valence-electron chi connectivity index (χ3n) is 4.46. The standard InChI is InChI=1S/C21H16BrNO3S/c1-14-11-12-19(17(22)13-14)27(25,26)23-18-10-6-5-9-16(18)21(24)20(23)15-7-3-2-4-8-15/h2-13,24H,1H3. The molecule has 0 amide bonds. The molecule has 0 saturated heterocycles. The Kier molecular flexibility index (Phi) is 4.32. The van der Waals surface area contributed by atoms with E-state index in [-0.39, 0.29) is 16.3 Å². The van der Waals surface area contributed by atoms with Gasteiger partial charge in [0.05, 0.1) is 5.52 Å². The number of benzene rings is 3. The van der Waals surface area contributed by atoms with Gasteiger partial charge in [-0.05, 0) is 52.7 Å². The molecular formula is C21H16BrNO3S. The van der Waals surface area contributed by atoms with Crippen molar-refractivity contribution >= 4 is 36.9 Å². The number of nitrogens with zero attached hydrogens (tertiary/aromatic N) is 1. The zero-order chi connectivity index (χ0) is 19.2. The summed E-state index contributed by atoms with van der Waals surface area (Å²) >= 11 is 3.38. The van der Waals surface area contributed by atoms with Gasteiger partial charge in [0, 0.05) is 15.4 Å². The highest BCUT2D eigenvalue weighted by atomic mass is 79.9. The summed E-state index contributed by atoms with van der Waals surface area (Å²) in [5.74, 6) is -0.0522. The molecule has 1 aromatic heterocycles. The van der Waals surface area contributed by atoms with Gasteiger partial charge >= 0.3 is 0 Å². The van der Waals surface area contributed by atoms with Gasteiger partial charge in [0.2, 0.25) is 0 Å². The lowest BCUT2D eigenvalue weighted by molar-refractivity contribution is 0.482. The van der Waals surface area contributed by atoms with Crippen LogP contribution in [0.2, 0.25) is 0 Å². The first kappa shape index (κ1) is 17.8. The Hall–Kier alpha value is -2.57. The van der Waals surface area contributed by atoms with Gasteiger partial charge in [-0.25, -0.2) is 12.4 Å². The Morgan fingerprint density at radius 2 is 1.59 bits per heavy atom. The second-order valence-electron chi connectivity index (χ2n) is 6.28. The molecule has 0 bridgehead atoms. The first-order valence-electron chi connectivity index (χ1n) is 8.31. The van der Waals surface area contributed by atoms with E-state index in [1.54, 1.807) is 54.6 Å². The van der Waals surface area contributed by atoms with Crippen molar-refractivity contribution < 1.29 is 13.5 Å². The van der Waals surface area contributed by atoms with E-state index in [0.29, 0.717) is 20.9 Å². The molecule has 0 aliphatic heterocycles. The molecule has 6 heteroatoms. The summed E-state index contributed by atoms with van der Waals surface area (Å²) in [6.07, 6.45) is 0. The Morgan fingerprint density at radius 1 is 0.926 bits per heavy atom. The van der Waals surface area contributed by atoms with Crippen LogP contribution >= 0.6 is 15.9 Å². The van der Waals surface area contributed by atoms with Gasteiger partial charge in [0.15, 0.2) is 0 Å². The molecule has 0 unspecified atom stereocenters. The number of rotatable bonds is 3. The first-order chi connectivity index (χ1) is 12.9. The van der Waals surface area contributed by atoms with Gasteiger partial charge in [-0.3, -0.25) is 0 Å². The number of aromatic nitrogens is 1. The Labute approximate surface area is 165 Å². The van der Waals surface area contributed by atoms with E-state index in [1.165, 1.54) is 3.97 Å². The van der Waals surface area contributed by atoms with Crippen LogP contribution in [0.25, 0.3) is 22.2 Å². The number of halogens is 1. The van der Waals surface area contributed by atoms with Crippen molar-refractivity contribution in [2.75, 3.05) is 0 Å². The number of fused-ring (bicyclic) bond motifs is 1. The van der Waals surface area contributed by atoms with Crippen molar-refractivity contribution in [3.63, 3.8) is 0 Å². The van der Waals surface area contributed by atoms with Gasteiger partial charge in [-0.15, -0.1) is 0 Å². The molecule has 4 aromatic rings. The van der Waals surface area contributed by atoms with Crippen LogP contribution in [0.4, 0.5) is 0 Å². The van der Waals surface area contributed by atoms with E-state index in [4.69, 9.17) is 0 Å². The van der Waals surface area contributed by atoms with Gasteiger partial charge in [-0.2, -0.15) is 0 Å². The fourth-order valence-corrected chi connectivity index (χ4v) is 5.91. The molecule has 3 aromatic carbocycles. The molecular weight excluding hydrogens is 426 g/mol. The largest absolute Gasteiger partial charge is 0.505 e. The van der Waals surface area contributed by atoms with Crippen molar-refractivity contribution in [2.24, 2.45) is 0 Å². The molecule has 27 heavy (non-hydrogen) atoms. The number of para-hydroxylation sites is 1. The Bertz CT molecular complexity index is 1260. The smallest absolute Gasteiger partial charge is 0.269 e. The number of hydrogen-bond donors (Lipinski definition) is 1. The highest BCUT2D eigenvalue weighted by molar-refractivity contribution is 9.10. The van der Waals surface area contributed by atoms with E-state index >= 15 is 0 Å². The Morgan fingerprint density at radius 3 is 2.30 bits per heavy atom. The molecule has 0 aliphatic carbocycles. The van der Waals surface area contributed by atoms with E-state index < -0.39 is 10.0 Å². The number of aryl methyl sites for hydroxylation is 1. The maximum absolute atomic E-state index is 13.6. The van der Waals surface area contributed by atoms with E-state index in [1.807, 2.05) is 25.1 Å². The quantitative estimate of drug-likeness (QED) is 0.467. The minimum atomic E-state index is -3.96. The summed E-state index contributed by atoms with van der Waals surface area (Å²) < 4.78 is 28.9. The summed E-state index contributed by atoms with van der Waals surface area (Å²) in [5, 5.41) is 11.3. The van der Waals surface area contributed by atoms with Gasteiger partial charge < -0.3 is 5.11 Å². The lowest BCUT2D eigenvalue weighted by Gasteiger charge is -2.14. The van der Waals surface area contributed by atoms with E-state index in [0.717, 1.165) is 5.56 Å². The summed E-state index contributed by atoms with van der Waals surface area (Å²) in [6, 6.07) is 21.1. The van der Waals surface area contributed by atoms with E-state index in [9.17, 15) is 13.5 Å². The Balaban J connectivity index is 2.13. The molecule has 1 N–H and O–H groups in total. The third-order valence-corrected chi connectivity index (χ3v) is 7.15. The number of aromatic hydroxyl groups is 1. The summed E-state index contributed by atoms with van der Waals surface area (Å²) in [6.45, 7) is 1.90. The second kappa shape index (κ2) is 6.55. The summed E-state index contributed by atoms with van der Waals surface area (Å²) in [7, 11) is -3.96. The molecule has 0 spiro atoms. The first-order valence-corrected chi connectivity index (χ1v) is 10.5. The lowest BCUT2D eigenvalue weighted by atomic mass is 10.1. The molecule has 0 radical (unpaired) electrons. The molecule has 0 atom stereocenters. The summed E-state index contributed by atoms with van der Waals surface area (Å²) in [5.41, 5.74) is 2.26. The minimum absolute atomic E-state index is 0.0522. The average molecular weight is 442 g/mol. The fourth-order valence-electron chi connectivity index (χ4n) is 3.21. The SMILES string of the molecule is Cc1ccc(S(=O)(=O)n2c(-c3ccccc3)c(O)c3ccccc32)c(Br)c1. The molecule has 0 aliphatic rings. The van der Waals surface area contributed by atoms with Gasteiger partial charge in [0.1, 0.15) is 16.3 Å². The van der Waals surface area contributed by atoms with Crippen LogP contribution in [0.1, 0.15) is 5.56 Å². The van der Waals surface area contributed by atoms with Crippen LogP contribution in [0.3, 0.4) is 0 Å². The highest BCUT2D eigenvalue weighted by Crippen LogP contribution is 2.42. The third kappa shape index (κ3) is 2.85. The second-order valence-corrected chi connectivity index (χ2v) is 8.89. The predicted molar refractivity (Wildman–Crippen MR) is 111 cm³/mol. The maximum Gasteiger partial charge on any atom is 0.269 e.